The van der Waals surface area contributed by atoms with Crippen molar-refractivity contribution in [1.29, 1.82) is 0 Å². The number of benzene rings is 1. The Kier molecular flexibility index (Phi) is 5.63. The third kappa shape index (κ3) is 4.36. The van der Waals surface area contributed by atoms with Gasteiger partial charge in [-0.2, -0.15) is 5.10 Å². The summed E-state index contributed by atoms with van der Waals surface area (Å²) in [5.41, 5.74) is 3.46. The molecule has 0 radical (unpaired) electrons. The van der Waals surface area contributed by atoms with E-state index in [0.29, 0.717) is 10.9 Å². The Morgan fingerprint density at radius 2 is 2.12 bits per heavy atom. The number of rotatable bonds is 7. The topological polar surface area (TPSA) is 85.3 Å². The van der Waals surface area contributed by atoms with Crippen LogP contribution in [0.3, 0.4) is 0 Å². The molecular weight excluding hydrogens is 338 g/mol. The summed E-state index contributed by atoms with van der Waals surface area (Å²) < 4.78 is 7.08. The summed E-state index contributed by atoms with van der Waals surface area (Å²) in [6, 6.07) is 13.4. The van der Waals surface area contributed by atoms with Crippen LogP contribution in [0, 0.1) is 0 Å². The SMILES string of the molecule is CCn1c(SCC(=O)NN=Cc2ccco2)nnc1-c1ccccc1. The normalized spacial score (nSPS) is 11.1. The second-order valence-electron chi connectivity index (χ2n) is 5.01. The minimum atomic E-state index is -0.222. The molecule has 0 atom stereocenters. The van der Waals surface area contributed by atoms with E-state index in [9.17, 15) is 4.79 Å². The molecule has 0 aliphatic carbocycles. The van der Waals surface area contributed by atoms with Crippen molar-refractivity contribution in [2.75, 3.05) is 5.75 Å². The minimum absolute atomic E-state index is 0.197. The summed E-state index contributed by atoms with van der Waals surface area (Å²) in [5, 5.41) is 13.0. The van der Waals surface area contributed by atoms with Crippen LogP contribution in [-0.2, 0) is 11.3 Å². The van der Waals surface area contributed by atoms with Gasteiger partial charge in [0.2, 0.25) is 0 Å². The van der Waals surface area contributed by atoms with Crippen molar-refractivity contribution in [3.05, 3.63) is 54.5 Å². The lowest BCUT2D eigenvalue weighted by molar-refractivity contribution is -0.118. The number of carbonyl (C=O) groups excluding carboxylic acids is 1. The Bertz CT molecular complexity index is 843. The standard InChI is InChI=1S/C17H17N5O2S/c1-2-22-16(13-7-4-3-5-8-13)20-21-17(22)25-12-15(23)19-18-11-14-9-6-10-24-14/h3-11H,2,12H2,1H3,(H,19,23). The first-order valence-electron chi connectivity index (χ1n) is 7.74. The molecule has 0 saturated carbocycles. The van der Waals surface area contributed by atoms with Crippen LogP contribution in [0.25, 0.3) is 11.4 Å². The maximum Gasteiger partial charge on any atom is 0.250 e. The highest BCUT2D eigenvalue weighted by Gasteiger charge is 2.14. The van der Waals surface area contributed by atoms with Gasteiger partial charge in [-0.25, -0.2) is 5.43 Å². The Hall–Kier alpha value is -2.87. The summed E-state index contributed by atoms with van der Waals surface area (Å²) in [6.07, 6.45) is 2.99. The van der Waals surface area contributed by atoms with Crippen LogP contribution in [-0.4, -0.2) is 32.6 Å². The first-order chi connectivity index (χ1) is 12.3. The van der Waals surface area contributed by atoms with E-state index in [-0.39, 0.29) is 11.7 Å². The molecule has 0 fully saturated rings. The maximum atomic E-state index is 11.9. The lowest BCUT2D eigenvalue weighted by atomic mass is 10.2. The zero-order chi connectivity index (χ0) is 17.5. The second-order valence-corrected chi connectivity index (χ2v) is 5.96. The van der Waals surface area contributed by atoms with E-state index in [0.717, 1.165) is 17.9 Å². The molecule has 0 aliphatic rings. The van der Waals surface area contributed by atoms with E-state index < -0.39 is 0 Å². The third-order valence-corrected chi connectivity index (χ3v) is 4.29. The Morgan fingerprint density at radius 1 is 1.28 bits per heavy atom. The fourth-order valence-corrected chi connectivity index (χ4v) is 2.97. The highest BCUT2D eigenvalue weighted by atomic mass is 32.2. The number of aromatic nitrogens is 3. The number of hydrogen-bond donors (Lipinski definition) is 1. The molecule has 2 aromatic heterocycles. The summed E-state index contributed by atoms with van der Waals surface area (Å²) in [6.45, 7) is 2.74. The monoisotopic (exact) mass is 355 g/mol. The van der Waals surface area contributed by atoms with Crippen LogP contribution in [0.15, 0.2) is 63.4 Å². The van der Waals surface area contributed by atoms with E-state index >= 15 is 0 Å². The zero-order valence-electron chi connectivity index (χ0n) is 13.6. The summed E-state index contributed by atoms with van der Waals surface area (Å²) >= 11 is 1.32. The lowest BCUT2D eigenvalue weighted by Gasteiger charge is -2.06. The molecule has 25 heavy (non-hydrogen) atoms. The van der Waals surface area contributed by atoms with Crippen molar-refractivity contribution in [2.24, 2.45) is 5.10 Å². The van der Waals surface area contributed by atoms with Crippen molar-refractivity contribution >= 4 is 23.9 Å². The average Bonchev–Trinajstić information content (AvgIpc) is 3.30. The van der Waals surface area contributed by atoms with Gasteiger partial charge in [-0.05, 0) is 19.1 Å². The molecule has 0 saturated heterocycles. The number of hydrazone groups is 1. The Labute approximate surface area is 149 Å². The average molecular weight is 355 g/mol. The van der Waals surface area contributed by atoms with E-state index in [4.69, 9.17) is 4.42 Å². The van der Waals surface area contributed by atoms with E-state index in [2.05, 4.69) is 20.7 Å². The molecule has 3 rings (SSSR count). The van der Waals surface area contributed by atoms with Gasteiger partial charge in [0.05, 0.1) is 18.2 Å². The number of thioether (sulfide) groups is 1. The number of furan rings is 1. The molecule has 0 bridgehead atoms. The van der Waals surface area contributed by atoms with Crippen molar-refractivity contribution < 1.29 is 9.21 Å². The van der Waals surface area contributed by atoms with Crippen LogP contribution in [0.1, 0.15) is 12.7 Å². The zero-order valence-corrected chi connectivity index (χ0v) is 14.4. The van der Waals surface area contributed by atoms with E-state index in [1.807, 2.05) is 41.8 Å². The van der Waals surface area contributed by atoms with E-state index in [1.165, 1.54) is 18.0 Å². The van der Waals surface area contributed by atoms with Crippen molar-refractivity contribution in [3.8, 4) is 11.4 Å². The molecule has 1 amide bonds. The van der Waals surface area contributed by atoms with Gasteiger partial charge in [-0.15, -0.1) is 10.2 Å². The largest absolute Gasteiger partial charge is 0.463 e. The van der Waals surface area contributed by atoms with Crippen LogP contribution in [0.4, 0.5) is 0 Å². The lowest BCUT2D eigenvalue weighted by Crippen LogP contribution is -2.20. The molecule has 1 N–H and O–H groups in total. The molecule has 0 spiro atoms. The third-order valence-electron chi connectivity index (χ3n) is 3.32. The Morgan fingerprint density at radius 3 is 2.84 bits per heavy atom. The molecule has 1 aromatic carbocycles. The van der Waals surface area contributed by atoms with Crippen LogP contribution in [0.2, 0.25) is 0 Å². The molecule has 3 aromatic rings. The number of nitrogens with zero attached hydrogens (tertiary/aromatic N) is 4. The molecule has 7 nitrogen and oxygen atoms in total. The highest BCUT2D eigenvalue weighted by Crippen LogP contribution is 2.23. The highest BCUT2D eigenvalue weighted by molar-refractivity contribution is 7.99. The summed E-state index contributed by atoms with van der Waals surface area (Å²) in [7, 11) is 0. The summed E-state index contributed by atoms with van der Waals surface area (Å²) in [4.78, 5) is 11.9. The van der Waals surface area contributed by atoms with Crippen molar-refractivity contribution in [1.82, 2.24) is 20.2 Å². The number of amides is 1. The van der Waals surface area contributed by atoms with Crippen LogP contribution in [0.5, 0.6) is 0 Å². The quantitative estimate of drug-likeness (QED) is 0.400. The maximum absolute atomic E-state index is 11.9. The van der Waals surface area contributed by atoms with E-state index in [1.54, 1.807) is 18.4 Å². The Balaban J connectivity index is 1.59. The van der Waals surface area contributed by atoms with Gasteiger partial charge in [0.15, 0.2) is 11.0 Å². The van der Waals surface area contributed by atoms with Gasteiger partial charge in [-0.3, -0.25) is 4.79 Å². The molecule has 128 valence electrons. The van der Waals surface area contributed by atoms with Gasteiger partial charge in [-0.1, -0.05) is 42.1 Å². The van der Waals surface area contributed by atoms with Gasteiger partial charge in [0, 0.05) is 12.1 Å². The first kappa shape index (κ1) is 17.0. The predicted molar refractivity (Wildman–Crippen MR) is 96.3 cm³/mol. The predicted octanol–water partition coefficient (Wildman–Crippen LogP) is 2.80. The van der Waals surface area contributed by atoms with Crippen LogP contribution >= 0.6 is 11.8 Å². The van der Waals surface area contributed by atoms with Gasteiger partial charge >= 0.3 is 0 Å². The first-order valence-corrected chi connectivity index (χ1v) is 8.73. The fourth-order valence-electron chi connectivity index (χ4n) is 2.18. The van der Waals surface area contributed by atoms with Crippen LogP contribution < -0.4 is 5.43 Å². The smallest absolute Gasteiger partial charge is 0.250 e. The molecule has 0 aliphatic heterocycles. The molecule has 8 heteroatoms. The number of hydrogen-bond acceptors (Lipinski definition) is 6. The minimum Gasteiger partial charge on any atom is -0.463 e. The van der Waals surface area contributed by atoms with Crippen molar-refractivity contribution in [2.45, 2.75) is 18.6 Å². The second kappa shape index (κ2) is 8.29. The molecular formula is C17H17N5O2S. The molecule has 2 heterocycles. The molecule has 0 unspecified atom stereocenters. The summed E-state index contributed by atoms with van der Waals surface area (Å²) in [5.74, 6) is 1.34. The number of nitrogens with one attached hydrogen (secondary N) is 1. The van der Waals surface area contributed by atoms with Gasteiger partial charge < -0.3 is 8.98 Å². The number of carbonyl (C=O) groups is 1. The van der Waals surface area contributed by atoms with Crippen molar-refractivity contribution in [3.63, 3.8) is 0 Å². The van der Waals surface area contributed by atoms with Gasteiger partial charge in [0.1, 0.15) is 5.76 Å². The fraction of sp³-hybridized carbons (Fsp3) is 0.176. The van der Waals surface area contributed by atoms with Gasteiger partial charge in [0.25, 0.3) is 5.91 Å².